The van der Waals surface area contributed by atoms with Gasteiger partial charge < -0.3 is 19.4 Å². The molecular weight excluding hydrogens is 484 g/mol. The van der Waals surface area contributed by atoms with Crippen molar-refractivity contribution in [3.05, 3.63) is 40.9 Å². The second-order valence-corrected chi connectivity index (χ2v) is 10.5. The molecule has 0 spiro atoms. The summed E-state index contributed by atoms with van der Waals surface area (Å²) in [5, 5.41) is 16.8. The van der Waals surface area contributed by atoms with Crippen LogP contribution in [0.4, 0.5) is 5.13 Å². The Bertz CT molecular complexity index is 1090. The molecule has 3 N–H and O–H groups in total. The van der Waals surface area contributed by atoms with Crippen LogP contribution < -0.4 is 10.0 Å². The zero-order valence-corrected chi connectivity index (χ0v) is 20.5. The Morgan fingerprint density at radius 3 is 2.65 bits per heavy atom. The van der Waals surface area contributed by atoms with E-state index >= 15 is 0 Å². The van der Waals surface area contributed by atoms with E-state index in [4.69, 9.17) is 14.3 Å². The van der Waals surface area contributed by atoms with Crippen LogP contribution >= 0.6 is 11.3 Å². The Morgan fingerprint density at radius 1 is 1.24 bits per heavy atom. The first-order valence-corrected chi connectivity index (χ1v) is 12.9. The zero-order valence-electron chi connectivity index (χ0n) is 18.9. The van der Waals surface area contributed by atoms with E-state index in [9.17, 15) is 18.3 Å². The number of oxime groups is 1. The van der Waals surface area contributed by atoms with E-state index in [-0.39, 0.29) is 29.9 Å². The number of nitrogens with one attached hydrogen (secondary N) is 2. The van der Waals surface area contributed by atoms with Crippen molar-refractivity contribution < 1.29 is 32.6 Å². The van der Waals surface area contributed by atoms with Gasteiger partial charge in [-0.25, -0.2) is 18.1 Å². The maximum absolute atomic E-state index is 13.0. The summed E-state index contributed by atoms with van der Waals surface area (Å²) in [7, 11) is -0.682. The second kappa shape index (κ2) is 12.3. The third kappa shape index (κ3) is 7.29. The molecule has 1 aliphatic carbocycles. The number of aliphatic hydroxyl groups is 1. The number of aliphatic hydroxyl groups excluding tert-OH is 1. The van der Waals surface area contributed by atoms with Crippen molar-refractivity contribution in [2.45, 2.75) is 43.0 Å². The van der Waals surface area contributed by atoms with Gasteiger partial charge in [0.2, 0.25) is 10.0 Å². The van der Waals surface area contributed by atoms with Gasteiger partial charge in [-0.2, -0.15) is 0 Å². The zero-order chi connectivity index (χ0) is 24.6. The highest BCUT2D eigenvalue weighted by molar-refractivity contribution is 7.89. The standard InChI is InChI=1S/C21H28N4O7S2/c1-30-10-9-23-34(28,29)18-7-3-14(4-8-18)19(25-32-16-6-5-15(26)11-16)20(27)24-21-22-12-17(33-21)13-31-2/h3-4,7-8,12,15-16,23,26H,5-6,9-11,13H2,1-2H3,(H,22,24,27)/t15-,16-/m1/s1. The maximum Gasteiger partial charge on any atom is 0.280 e. The van der Waals surface area contributed by atoms with E-state index in [0.717, 1.165) is 4.88 Å². The maximum atomic E-state index is 13.0. The molecule has 186 valence electrons. The molecule has 34 heavy (non-hydrogen) atoms. The summed E-state index contributed by atoms with van der Waals surface area (Å²) >= 11 is 1.26. The third-order valence-electron chi connectivity index (χ3n) is 4.96. The number of nitrogens with zero attached hydrogens (tertiary/aromatic N) is 2. The molecular formula is C21H28N4O7S2. The lowest BCUT2D eigenvalue weighted by atomic mass is 10.1. The molecule has 0 radical (unpaired) electrons. The first kappa shape index (κ1) is 26.2. The molecule has 2 atom stereocenters. The Kier molecular flexibility index (Phi) is 9.50. The van der Waals surface area contributed by atoms with E-state index in [2.05, 4.69) is 20.2 Å². The first-order chi connectivity index (χ1) is 16.3. The van der Waals surface area contributed by atoms with Gasteiger partial charge in [-0.15, -0.1) is 0 Å². The van der Waals surface area contributed by atoms with Crippen LogP contribution in [0.25, 0.3) is 0 Å². The van der Waals surface area contributed by atoms with Crippen LogP contribution in [0.15, 0.2) is 40.5 Å². The number of anilines is 1. The van der Waals surface area contributed by atoms with Crippen LogP contribution in [0, 0.1) is 0 Å². The molecule has 1 heterocycles. The fourth-order valence-corrected chi connectivity index (χ4v) is 5.04. The van der Waals surface area contributed by atoms with Gasteiger partial charge in [0, 0.05) is 38.9 Å². The van der Waals surface area contributed by atoms with Gasteiger partial charge in [0.15, 0.2) is 10.8 Å². The Labute approximate surface area is 202 Å². The number of methoxy groups -OCH3 is 2. The van der Waals surface area contributed by atoms with Crippen molar-refractivity contribution in [2.75, 3.05) is 32.7 Å². The number of hydrogen-bond donors (Lipinski definition) is 3. The molecule has 1 saturated carbocycles. The molecule has 3 rings (SSSR count). The molecule has 0 unspecified atom stereocenters. The summed E-state index contributed by atoms with van der Waals surface area (Å²) in [5.41, 5.74) is 0.321. The minimum Gasteiger partial charge on any atom is -0.393 e. The fraction of sp³-hybridized carbons (Fsp3) is 0.476. The van der Waals surface area contributed by atoms with Gasteiger partial charge in [0.1, 0.15) is 6.10 Å². The van der Waals surface area contributed by atoms with Gasteiger partial charge >= 0.3 is 0 Å². The summed E-state index contributed by atoms with van der Waals surface area (Å²) in [5.74, 6) is -0.564. The molecule has 11 nitrogen and oxygen atoms in total. The molecule has 0 saturated heterocycles. The lowest BCUT2D eigenvalue weighted by Gasteiger charge is -2.11. The van der Waals surface area contributed by atoms with Crippen molar-refractivity contribution >= 4 is 38.1 Å². The van der Waals surface area contributed by atoms with Crippen LogP contribution in [0.5, 0.6) is 0 Å². The molecule has 1 aliphatic rings. The van der Waals surface area contributed by atoms with Gasteiger partial charge in [0.05, 0.1) is 29.1 Å². The average molecular weight is 513 g/mol. The number of carbonyl (C=O) groups is 1. The first-order valence-electron chi connectivity index (χ1n) is 10.6. The summed E-state index contributed by atoms with van der Waals surface area (Å²) < 4.78 is 37.2. The van der Waals surface area contributed by atoms with Crippen molar-refractivity contribution in [1.29, 1.82) is 0 Å². The lowest BCUT2D eigenvalue weighted by Crippen LogP contribution is -2.27. The normalized spacial score (nSPS) is 18.7. The molecule has 1 fully saturated rings. The average Bonchev–Trinajstić information content (AvgIpc) is 3.43. The van der Waals surface area contributed by atoms with E-state index in [0.29, 0.717) is 36.6 Å². The molecule has 0 bridgehead atoms. The number of carbonyl (C=O) groups excluding carboxylic acids is 1. The van der Waals surface area contributed by atoms with E-state index in [1.54, 1.807) is 13.3 Å². The van der Waals surface area contributed by atoms with Crippen molar-refractivity contribution in [2.24, 2.45) is 5.16 Å². The van der Waals surface area contributed by atoms with Gasteiger partial charge in [-0.05, 0) is 25.0 Å². The highest BCUT2D eigenvalue weighted by Crippen LogP contribution is 2.23. The van der Waals surface area contributed by atoms with Gasteiger partial charge in [0.25, 0.3) is 5.91 Å². The topological polar surface area (TPSA) is 148 Å². The van der Waals surface area contributed by atoms with Crippen LogP contribution in [0.2, 0.25) is 0 Å². The minimum absolute atomic E-state index is 0.0380. The van der Waals surface area contributed by atoms with Crippen LogP contribution in [0.1, 0.15) is 29.7 Å². The largest absolute Gasteiger partial charge is 0.393 e. The van der Waals surface area contributed by atoms with E-state index < -0.39 is 22.0 Å². The third-order valence-corrected chi connectivity index (χ3v) is 7.33. The highest BCUT2D eigenvalue weighted by Gasteiger charge is 2.26. The Balaban J connectivity index is 1.80. The Hall–Kier alpha value is -2.42. The van der Waals surface area contributed by atoms with Gasteiger partial charge in [-0.3, -0.25) is 10.1 Å². The monoisotopic (exact) mass is 512 g/mol. The number of amides is 1. The minimum atomic E-state index is -3.73. The van der Waals surface area contributed by atoms with Crippen LogP contribution in [-0.2, 0) is 35.7 Å². The number of sulfonamides is 1. The van der Waals surface area contributed by atoms with E-state index in [1.807, 2.05) is 0 Å². The number of benzene rings is 1. The predicted molar refractivity (Wildman–Crippen MR) is 126 cm³/mol. The van der Waals surface area contributed by atoms with Crippen molar-refractivity contribution in [1.82, 2.24) is 9.71 Å². The summed E-state index contributed by atoms with van der Waals surface area (Å²) in [6.45, 7) is 0.746. The molecule has 1 amide bonds. The highest BCUT2D eigenvalue weighted by atomic mass is 32.2. The predicted octanol–water partition coefficient (Wildman–Crippen LogP) is 1.49. The van der Waals surface area contributed by atoms with E-state index in [1.165, 1.54) is 42.7 Å². The summed E-state index contributed by atoms with van der Waals surface area (Å²) in [6, 6.07) is 5.72. The lowest BCUT2D eigenvalue weighted by molar-refractivity contribution is -0.110. The summed E-state index contributed by atoms with van der Waals surface area (Å²) in [6.07, 6.45) is 2.49. The van der Waals surface area contributed by atoms with Crippen LogP contribution in [-0.4, -0.2) is 69.7 Å². The summed E-state index contributed by atoms with van der Waals surface area (Å²) in [4.78, 5) is 23.6. The number of hydrogen-bond acceptors (Lipinski definition) is 10. The fourth-order valence-electron chi connectivity index (χ4n) is 3.25. The van der Waals surface area contributed by atoms with Crippen molar-refractivity contribution in [3.8, 4) is 0 Å². The van der Waals surface area contributed by atoms with Crippen molar-refractivity contribution in [3.63, 3.8) is 0 Å². The Morgan fingerprint density at radius 2 is 2.00 bits per heavy atom. The SMILES string of the molecule is COCCNS(=O)(=O)c1ccc(C(=NO[C@@H]2CC[C@@H](O)C2)C(=O)Nc2ncc(COC)s2)cc1. The molecule has 2 aromatic rings. The number of rotatable bonds is 12. The second-order valence-electron chi connectivity index (χ2n) is 7.57. The number of aromatic nitrogens is 1. The number of thiazole rings is 1. The molecule has 13 heteroatoms. The van der Waals surface area contributed by atoms with Crippen LogP contribution in [0.3, 0.4) is 0 Å². The molecule has 1 aromatic heterocycles. The quantitative estimate of drug-likeness (QED) is 0.220. The molecule has 0 aliphatic heterocycles. The number of ether oxygens (including phenoxy) is 2. The molecule has 1 aromatic carbocycles. The smallest absolute Gasteiger partial charge is 0.280 e. The van der Waals surface area contributed by atoms with Gasteiger partial charge in [-0.1, -0.05) is 28.6 Å².